The van der Waals surface area contributed by atoms with E-state index < -0.39 is 0 Å². The maximum absolute atomic E-state index is 2.64. The Morgan fingerprint density at radius 1 is 0.727 bits per heavy atom. The lowest BCUT2D eigenvalue weighted by Crippen LogP contribution is -2.27. The van der Waals surface area contributed by atoms with Gasteiger partial charge >= 0.3 is 0 Å². The smallest absolute Gasteiger partial charge is 0.0393 e. The molecule has 1 radical (unpaired) electrons. The molecular weight excluding hydrogens is 134 g/mol. The second kappa shape index (κ2) is 3.57. The molecule has 0 aromatic rings. The Morgan fingerprint density at radius 2 is 1.36 bits per heavy atom. The number of rotatable bonds is 1. The largest absolute Gasteiger partial charge is 0.296 e. The fraction of sp³-hybridized carbons (Fsp3) is 0.900. The van der Waals surface area contributed by atoms with Gasteiger partial charge < -0.3 is 0 Å². The van der Waals surface area contributed by atoms with Gasteiger partial charge in [-0.05, 0) is 38.8 Å². The summed E-state index contributed by atoms with van der Waals surface area (Å²) in [5.74, 6) is 0. The highest BCUT2D eigenvalue weighted by atomic mass is 15.2. The molecule has 0 amide bonds. The average molecular weight is 152 g/mol. The van der Waals surface area contributed by atoms with E-state index in [2.05, 4.69) is 4.90 Å². The molecule has 63 valence electrons. The molecule has 1 aliphatic carbocycles. The third-order valence-electron chi connectivity index (χ3n) is 2.98. The van der Waals surface area contributed by atoms with Gasteiger partial charge in [-0.15, -0.1) is 0 Å². The van der Waals surface area contributed by atoms with Crippen LogP contribution in [0.2, 0.25) is 0 Å². The van der Waals surface area contributed by atoms with Crippen LogP contribution in [-0.2, 0) is 0 Å². The van der Waals surface area contributed by atoms with Crippen LogP contribution in [-0.4, -0.2) is 18.0 Å². The number of nitrogens with zero attached hydrogens (tertiary/aromatic N) is 1. The molecule has 0 aromatic carbocycles. The summed E-state index contributed by atoms with van der Waals surface area (Å²) in [6.45, 7) is 2.71. The van der Waals surface area contributed by atoms with Gasteiger partial charge in [0.05, 0.1) is 0 Å². The van der Waals surface area contributed by atoms with Crippen LogP contribution in [0, 0.1) is 6.04 Å². The second-order valence-corrected chi connectivity index (χ2v) is 3.82. The highest BCUT2D eigenvalue weighted by Gasteiger charge is 2.23. The highest BCUT2D eigenvalue weighted by Crippen LogP contribution is 2.30. The fourth-order valence-corrected chi connectivity index (χ4v) is 2.31. The zero-order valence-electron chi connectivity index (χ0n) is 7.31. The topological polar surface area (TPSA) is 3.24 Å². The quantitative estimate of drug-likeness (QED) is 0.558. The summed E-state index contributed by atoms with van der Waals surface area (Å²) in [5.41, 5.74) is 0. The molecule has 1 saturated heterocycles. The van der Waals surface area contributed by atoms with Gasteiger partial charge in [-0.1, -0.05) is 19.3 Å². The fourth-order valence-electron chi connectivity index (χ4n) is 2.31. The number of hydrogen-bond donors (Lipinski definition) is 0. The first kappa shape index (κ1) is 7.60. The van der Waals surface area contributed by atoms with E-state index in [1.54, 1.807) is 6.04 Å². The van der Waals surface area contributed by atoms with Crippen LogP contribution in [0.1, 0.15) is 44.9 Å². The van der Waals surface area contributed by atoms with Crippen molar-refractivity contribution in [1.29, 1.82) is 0 Å². The molecule has 0 unspecified atom stereocenters. The lowest BCUT2D eigenvalue weighted by molar-refractivity contribution is 0.285. The molecule has 1 nitrogen and oxygen atoms in total. The van der Waals surface area contributed by atoms with Crippen molar-refractivity contribution in [3.63, 3.8) is 0 Å². The van der Waals surface area contributed by atoms with Crippen molar-refractivity contribution < 1.29 is 0 Å². The van der Waals surface area contributed by atoms with Crippen molar-refractivity contribution in [2.75, 3.05) is 13.1 Å². The zero-order valence-corrected chi connectivity index (χ0v) is 7.31. The first-order chi connectivity index (χ1) is 5.47. The van der Waals surface area contributed by atoms with Gasteiger partial charge in [0.1, 0.15) is 0 Å². The van der Waals surface area contributed by atoms with Crippen molar-refractivity contribution in [3.8, 4) is 0 Å². The van der Waals surface area contributed by atoms with Gasteiger partial charge in [0, 0.05) is 6.04 Å². The maximum atomic E-state index is 2.64. The number of likely N-dealkylation sites (tertiary alicyclic amines) is 1. The molecule has 0 spiro atoms. The Morgan fingerprint density at radius 3 is 2.00 bits per heavy atom. The van der Waals surface area contributed by atoms with Gasteiger partial charge in [-0.2, -0.15) is 0 Å². The Balaban J connectivity index is 1.82. The summed E-state index contributed by atoms with van der Waals surface area (Å²) in [6, 6.07) is 1.77. The third kappa shape index (κ3) is 1.76. The minimum atomic E-state index is 1.36. The molecule has 2 rings (SSSR count). The van der Waals surface area contributed by atoms with E-state index in [1.165, 1.54) is 58.0 Å². The average Bonchev–Trinajstić information content (AvgIpc) is 2.58. The van der Waals surface area contributed by atoms with E-state index in [9.17, 15) is 0 Å². The molecule has 0 atom stereocenters. The van der Waals surface area contributed by atoms with Crippen LogP contribution in [0.3, 0.4) is 0 Å². The predicted octanol–water partition coefficient (Wildman–Crippen LogP) is 2.58. The minimum absolute atomic E-state index is 1.36. The first-order valence-corrected chi connectivity index (χ1v) is 5.06. The van der Waals surface area contributed by atoms with E-state index in [-0.39, 0.29) is 0 Å². The maximum Gasteiger partial charge on any atom is 0.0393 e. The second-order valence-electron chi connectivity index (χ2n) is 3.82. The van der Waals surface area contributed by atoms with Crippen molar-refractivity contribution in [3.05, 3.63) is 6.04 Å². The van der Waals surface area contributed by atoms with Crippen LogP contribution in [0.4, 0.5) is 0 Å². The molecule has 1 saturated carbocycles. The van der Waals surface area contributed by atoms with Crippen molar-refractivity contribution >= 4 is 0 Å². The molecule has 11 heavy (non-hydrogen) atoms. The van der Waals surface area contributed by atoms with Crippen molar-refractivity contribution in [1.82, 2.24) is 4.90 Å². The van der Waals surface area contributed by atoms with E-state index in [0.29, 0.717) is 0 Å². The zero-order chi connectivity index (χ0) is 7.52. The Bertz CT molecular complexity index is 110. The Labute approximate surface area is 69.8 Å². The summed E-state index contributed by atoms with van der Waals surface area (Å²) in [7, 11) is 0. The van der Waals surface area contributed by atoms with Crippen molar-refractivity contribution in [2.24, 2.45) is 0 Å². The Kier molecular flexibility index (Phi) is 2.47. The van der Waals surface area contributed by atoms with E-state index >= 15 is 0 Å². The normalized spacial score (nSPS) is 29.5. The standard InChI is InChI=1S/C10H18N/c1-2-6-10(7-3-1)11-8-4-5-9-11/h1-9H2. The summed E-state index contributed by atoms with van der Waals surface area (Å²) in [5, 5.41) is 0. The first-order valence-electron chi connectivity index (χ1n) is 5.06. The van der Waals surface area contributed by atoms with E-state index in [0.717, 1.165) is 0 Å². The minimum Gasteiger partial charge on any atom is -0.296 e. The van der Waals surface area contributed by atoms with E-state index in [4.69, 9.17) is 0 Å². The summed E-state index contributed by atoms with van der Waals surface area (Å²) in [6.07, 6.45) is 10.0. The van der Waals surface area contributed by atoms with Gasteiger partial charge in [-0.25, -0.2) is 0 Å². The van der Waals surface area contributed by atoms with Gasteiger partial charge in [-0.3, -0.25) is 4.90 Å². The molecule has 0 bridgehead atoms. The molecule has 0 aromatic heterocycles. The SMILES string of the molecule is C1CC[C](N2CCCC2)CC1. The molecule has 0 N–H and O–H groups in total. The van der Waals surface area contributed by atoms with Crippen LogP contribution >= 0.6 is 0 Å². The molecule has 2 fully saturated rings. The molecule has 2 aliphatic rings. The van der Waals surface area contributed by atoms with Crippen molar-refractivity contribution in [2.45, 2.75) is 44.9 Å². The predicted molar refractivity (Wildman–Crippen MR) is 47.1 cm³/mol. The Hall–Kier alpha value is -0.0400. The van der Waals surface area contributed by atoms with Crippen LogP contribution in [0.5, 0.6) is 0 Å². The number of hydrogen-bond acceptors (Lipinski definition) is 1. The molecule has 1 aliphatic heterocycles. The molecular formula is C10H18N. The third-order valence-corrected chi connectivity index (χ3v) is 2.98. The van der Waals surface area contributed by atoms with Gasteiger partial charge in [0.15, 0.2) is 0 Å². The van der Waals surface area contributed by atoms with Gasteiger partial charge in [0.25, 0.3) is 0 Å². The van der Waals surface area contributed by atoms with E-state index in [1.807, 2.05) is 0 Å². The van der Waals surface area contributed by atoms with Gasteiger partial charge in [0.2, 0.25) is 0 Å². The highest BCUT2D eigenvalue weighted by molar-refractivity contribution is 4.94. The summed E-state index contributed by atoms with van der Waals surface area (Å²) < 4.78 is 0. The lowest BCUT2D eigenvalue weighted by atomic mass is 9.94. The van der Waals surface area contributed by atoms with Crippen LogP contribution in [0.15, 0.2) is 0 Å². The summed E-state index contributed by atoms with van der Waals surface area (Å²) >= 11 is 0. The summed E-state index contributed by atoms with van der Waals surface area (Å²) in [4.78, 5) is 2.64. The molecule has 1 heteroatoms. The van der Waals surface area contributed by atoms with Crippen LogP contribution < -0.4 is 0 Å². The molecule has 1 heterocycles. The monoisotopic (exact) mass is 152 g/mol. The lowest BCUT2D eigenvalue weighted by Gasteiger charge is -2.29. The van der Waals surface area contributed by atoms with Crippen LogP contribution in [0.25, 0.3) is 0 Å².